The molecule has 0 unspecified atom stereocenters. The number of hydrogen-bond donors (Lipinski definition) is 0. The van der Waals surface area contributed by atoms with E-state index in [0.29, 0.717) is 0 Å². The first-order valence-electron chi connectivity index (χ1n) is 4.49. The zero-order chi connectivity index (χ0) is 7.66. The van der Waals surface area contributed by atoms with E-state index in [2.05, 4.69) is 13.8 Å². The van der Waals surface area contributed by atoms with Crippen molar-refractivity contribution in [3.05, 3.63) is 0 Å². The van der Waals surface area contributed by atoms with Crippen molar-refractivity contribution in [1.29, 1.82) is 0 Å². The Labute approximate surface area is 64.8 Å². The molecule has 62 valence electrons. The lowest BCUT2D eigenvalue weighted by Gasteiger charge is -2.00. The van der Waals surface area contributed by atoms with Crippen LogP contribution < -0.4 is 0 Å². The summed E-state index contributed by atoms with van der Waals surface area (Å²) < 4.78 is 5.33. The lowest BCUT2D eigenvalue weighted by molar-refractivity contribution is 0.130. The van der Waals surface area contributed by atoms with E-state index in [0.717, 1.165) is 19.6 Å². The minimum absolute atomic E-state index is 0.937. The maximum Gasteiger partial charge on any atom is 0.0466 e. The van der Waals surface area contributed by atoms with E-state index in [1.165, 1.54) is 25.7 Å². The average Bonchev–Trinajstić information content (AvgIpc) is 1.97. The molecule has 0 aromatic heterocycles. The first-order chi connectivity index (χ1) is 4.91. The molecule has 0 saturated carbocycles. The molecule has 0 atom stereocenters. The Morgan fingerprint density at radius 1 is 0.800 bits per heavy atom. The van der Waals surface area contributed by atoms with Gasteiger partial charge in [0.1, 0.15) is 0 Å². The van der Waals surface area contributed by atoms with Gasteiger partial charge in [0.2, 0.25) is 0 Å². The zero-order valence-electron chi connectivity index (χ0n) is 7.36. The van der Waals surface area contributed by atoms with E-state index in [4.69, 9.17) is 4.74 Å². The van der Waals surface area contributed by atoms with Crippen LogP contribution in [-0.2, 0) is 4.74 Å². The Kier molecular flexibility index (Phi) is 8.92. The van der Waals surface area contributed by atoms with Crippen molar-refractivity contribution in [1.82, 2.24) is 0 Å². The lowest BCUT2D eigenvalue weighted by Crippen LogP contribution is -1.94. The third-order valence-electron chi connectivity index (χ3n) is 1.49. The van der Waals surface area contributed by atoms with Gasteiger partial charge in [-0.25, -0.2) is 0 Å². The van der Waals surface area contributed by atoms with Crippen LogP contribution in [-0.4, -0.2) is 13.2 Å². The first-order valence-corrected chi connectivity index (χ1v) is 4.49. The fourth-order valence-electron chi connectivity index (χ4n) is 0.877. The van der Waals surface area contributed by atoms with Gasteiger partial charge in [0, 0.05) is 13.2 Å². The number of unbranched alkanes of at least 4 members (excludes halogenated alkanes) is 3. The van der Waals surface area contributed by atoms with E-state index in [9.17, 15) is 0 Å². The third-order valence-corrected chi connectivity index (χ3v) is 1.49. The third kappa shape index (κ3) is 7.96. The molecule has 1 heteroatoms. The molecule has 1 nitrogen and oxygen atoms in total. The molecule has 0 aliphatic rings. The predicted octanol–water partition coefficient (Wildman–Crippen LogP) is 2.99. The maximum absolute atomic E-state index is 5.33. The summed E-state index contributed by atoms with van der Waals surface area (Å²) in [7, 11) is 0. The van der Waals surface area contributed by atoms with Crippen LogP contribution in [0.5, 0.6) is 0 Å². The summed E-state index contributed by atoms with van der Waals surface area (Å²) in [5.74, 6) is 0. The van der Waals surface area contributed by atoms with E-state index < -0.39 is 0 Å². The van der Waals surface area contributed by atoms with Crippen LogP contribution in [0.1, 0.15) is 46.0 Å². The highest BCUT2D eigenvalue weighted by molar-refractivity contribution is 4.38. The Balaban J connectivity index is 2.65. The molecule has 0 fully saturated rings. The van der Waals surface area contributed by atoms with Crippen LogP contribution in [0, 0.1) is 0 Å². The van der Waals surface area contributed by atoms with E-state index in [1.54, 1.807) is 0 Å². The number of rotatable bonds is 7. The summed E-state index contributed by atoms with van der Waals surface area (Å²) in [5.41, 5.74) is 0. The SMILES string of the molecule is CCCCCCOCCC. The molecular weight excluding hydrogens is 124 g/mol. The van der Waals surface area contributed by atoms with Crippen LogP contribution >= 0.6 is 0 Å². The largest absolute Gasteiger partial charge is 0.381 e. The van der Waals surface area contributed by atoms with Crippen LogP contribution in [0.2, 0.25) is 0 Å². The highest BCUT2D eigenvalue weighted by Crippen LogP contribution is 1.98. The molecule has 0 saturated heterocycles. The quantitative estimate of drug-likeness (QED) is 0.499. The summed E-state index contributed by atoms with van der Waals surface area (Å²) >= 11 is 0. The van der Waals surface area contributed by atoms with Crippen molar-refractivity contribution >= 4 is 0 Å². The minimum atomic E-state index is 0.937. The standard InChI is InChI=1S/C9H20O/c1-3-5-6-7-9-10-8-4-2/h3-9H2,1-2H3. The van der Waals surface area contributed by atoms with Gasteiger partial charge >= 0.3 is 0 Å². The Bertz CT molecular complexity index is 44.7. The van der Waals surface area contributed by atoms with Crippen LogP contribution in [0.4, 0.5) is 0 Å². The fraction of sp³-hybridized carbons (Fsp3) is 1.00. The van der Waals surface area contributed by atoms with Crippen molar-refractivity contribution in [3.63, 3.8) is 0 Å². The van der Waals surface area contributed by atoms with Gasteiger partial charge in [-0.1, -0.05) is 33.1 Å². The van der Waals surface area contributed by atoms with Crippen LogP contribution in [0.15, 0.2) is 0 Å². The van der Waals surface area contributed by atoms with E-state index >= 15 is 0 Å². The van der Waals surface area contributed by atoms with Crippen molar-refractivity contribution in [3.8, 4) is 0 Å². The Hall–Kier alpha value is -0.0400. The number of ether oxygens (including phenoxy) is 1. The van der Waals surface area contributed by atoms with E-state index in [-0.39, 0.29) is 0 Å². The van der Waals surface area contributed by atoms with Crippen LogP contribution in [0.25, 0.3) is 0 Å². The van der Waals surface area contributed by atoms with Gasteiger partial charge in [0.05, 0.1) is 0 Å². The molecule has 0 aliphatic heterocycles. The van der Waals surface area contributed by atoms with Gasteiger partial charge in [-0.15, -0.1) is 0 Å². The smallest absolute Gasteiger partial charge is 0.0466 e. The summed E-state index contributed by atoms with van der Waals surface area (Å²) in [6, 6.07) is 0. The lowest BCUT2D eigenvalue weighted by atomic mass is 10.2. The molecule has 0 spiro atoms. The second-order valence-electron chi connectivity index (χ2n) is 2.67. The first kappa shape index (κ1) is 9.96. The van der Waals surface area contributed by atoms with Crippen molar-refractivity contribution in [2.24, 2.45) is 0 Å². The molecule has 0 aliphatic carbocycles. The van der Waals surface area contributed by atoms with Gasteiger partial charge < -0.3 is 4.74 Å². The second kappa shape index (κ2) is 8.96. The molecular formula is C9H20O. The minimum Gasteiger partial charge on any atom is -0.381 e. The van der Waals surface area contributed by atoms with Gasteiger partial charge in [0.25, 0.3) is 0 Å². The van der Waals surface area contributed by atoms with Gasteiger partial charge in [-0.3, -0.25) is 0 Å². The maximum atomic E-state index is 5.33. The molecule has 0 aromatic rings. The fourth-order valence-corrected chi connectivity index (χ4v) is 0.877. The average molecular weight is 144 g/mol. The molecule has 0 N–H and O–H groups in total. The molecule has 0 aromatic carbocycles. The summed E-state index contributed by atoms with van der Waals surface area (Å²) in [4.78, 5) is 0. The van der Waals surface area contributed by atoms with Crippen molar-refractivity contribution in [2.45, 2.75) is 46.0 Å². The van der Waals surface area contributed by atoms with Crippen molar-refractivity contribution in [2.75, 3.05) is 13.2 Å². The van der Waals surface area contributed by atoms with E-state index in [1.807, 2.05) is 0 Å². The van der Waals surface area contributed by atoms with Gasteiger partial charge in [-0.05, 0) is 12.8 Å². The summed E-state index contributed by atoms with van der Waals surface area (Å²) in [5, 5.41) is 0. The topological polar surface area (TPSA) is 9.23 Å². The predicted molar refractivity (Wildman–Crippen MR) is 45.3 cm³/mol. The molecule has 0 rings (SSSR count). The molecule has 0 amide bonds. The highest BCUT2D eigenvalue weighted by atomic mass is 16.5. The number of hydrogen-bond acceptors (Lipinski definition) is 1. The van der Waals surface area contributed by atoms with Gasteiger partial charge in [-0.2, -0.15) is 0 Å². The normalized spacial score (nSPS) is 10.2. The molecule has 0 radical (unpaired) electrons. The van der Waals surface area contributed by atoms with Crippen LogP contribution in [0.3, 0.4) is 0 Å². The monoisotopic (exact) mass is 144 g/mol. The van der Waals surface area contributed by atoms with Crippen molar-refractivity contribution < 1.29 is 4.74 Å². The summed E-state index contributed by atoms with van der Waals surface area (Å²) in [6.45, 7) is 6.28. The molecule has 0 heterocycles. The second-order valence-corrected chi connectivity index (χ2v) is 2.67. The highest BCUT2D eigenvalue weighted by Gasteiger charge is 1.86. The zero-order valence-corrected chi connectivity index (χ0v) is 7.36. The molecule has 0 bridgehead atoms. The Morgan fingerprint density at radius 3 is 2.20 bits per heavy atom. The molecule has 10 heavy (non-hydrogen) atoms. The summed E-state index contributed by atoms with van der Waals surface area (Å²) in [6.07, 6.45) is 6.39. The van der Waals surface area contributed by atoms with Gasteiger partial charge in [0.15, 0.2) is 0 Å². The Morgan fingerprint density at radius 2 is 1.60 bits per heavy atom.